The molecule has 0 aliphatic carbocycles. The van der Waals surface area contributed by atoms with Gasteiger partial charge in [0.15, 0.2) is 0 Å². The Bertz CT molecular complexity index is 468. The highest BCUT2D eigenvalue weighted by Crippen LogP contribution is 2.31. The molecule has 1 rings (SSSR count). The smallest absolute Gasteiger partial charge is 0.293 e. The van der Waals surface area contributed by atoms with Crippen molar-refractivity contribution in [3.8, 4) is 0 Å². The molecule has 5 nitrogen and oxygen atoms in total. The van der Waals surface area contributed by atoms with Gasteiger partial charge in [-0.1, -0.05) is 24.6 Å². The quantitative estimate of drug-likeness (QED) is 0.646. The van der Waals surface area contributed by atoms with E-state index in [9.17, 15) is 14.3 Å². The summed E-state index contributed by atoms with van der Waals surface area (Å²) in [4.78, 5) is 10.4. The van der Waals surface area contributed by atoms with Gasteiger partial charge >= 0.3 is 0 Å². The Labute approximate surface area is 113 Å². The van der Waals surface area contributed by atoms with Gasteiger partial charge in [-0.2, -0.15) is 0 Å². The van der Waals surface area contributed by atoms with Gasteiger partial charge in [0.25, 0.3) is 5.69 Å². The molecule has 1 N–H and O–H groups in total. The third-order valence-electron chi connectivity index (χ3n) is 2.61. The number of hydrogen-bond donors (Lipinski definition) is 1. The molecular formula is C11H15ClN2O3S. The Morgan fingerprint density at radius 2 is 2.22 bits per heavy atom. The van der Waals surface area contributed by atoms with E-state index in [0.29, 0.717) is 23.7 Å². The van der Waals surface area contributed by atoms with Crippen molar-refractivity contribution < 1.29 is 9.13 Å². The second-order valence-corrected chi connectivity index (χ2v) is 6.12. The Morgan fingerprint density at radius 1 is 1.56 bits per heavy atom. The van der Waals surface area contributed by atoms with E-state index in [2.05, 4.69) is 5.32 Å². The van der Waals surface area contributed by atoms with E-state index < -0.39 is 15.7 Å². The van der Waals surface area contributed by atoms with Crippen LogP contribution in [0, 0.1) is 10.1 Å². The molecule has 2 unspecified atom stereocenters. The number of hydrogen-bond acceptors (Lipinski definition) is 4. The van der Waals surface area contributed by atoms with E-state index in [-0.39, 0.29) is 10.9 Å². The van der Waals surface area contributed by atoms with Gasteiger partial charge in [-0.15, -0.1) is 0 Å². The van der Waals surface area contributed by atoms with Gasteiger partial charge < -0.3 is 5.32 Å². The maximum atomic E-state index is 11.2. The highest BCUT2D eigenvalue weighted by atomic mass is 35.5. The molecule has 0 bridgehead atoms. The van der Waals surface area contributed by atoms with Gasteiger partial charge in [-0.3, -0.25) is 14.3 Å². The number of halogens is 1. The predicted octanol–water partition coefficient (Wildman–Crippen LogP) is 2.82. The van der Waals surface area contributed by atoms with Crippen LogP contribution in [0.3, 0.4) is 0 Å². The molecule has 0 saturated carbocycles. The lowest BCUT2D eigenvalue weighted by Gasteiger charge is -2.11. The molecule has 0 aliphatic heterocycles. The molecule has 0 amide bonds. The average molecular weight is 291 g/mol. The average Bonchev–Trinajstić information content (AvgIpc) is 2.30. The summed E-state index contributed by atoms with van der Waals surface area (Å²) in [6, 6.07) is 4.53. The van der Waals surface area contributed by atoms with Gasteiger partial charge in [0.2, 0.25) is 0 Å². The summed E-state index contributed by atoms with van der Waals surface area (Å²) in [6.45, 7) is 2.37. The fourth-order valence-corrected chi connectivity index (χ4v) is 2.09. The first-order valence-electron chi connectivity index (χ1n) is 5.42. The molecule has 18 heavy (non-hydrogen) atoms. The first-order valence-corrected chi connectivity index (χ1v) is 7.42. The standard InChI is InChI=1S/C11H15ClN2O3S/c1-8(18(2)17)6-7-13-11-9(12)4-3-5-10(11)14(15)16/h3-5,8,13H,6-7H2,1-2H3. The number of nitrogens with zero attached hydrogens (tertiary/aromatic N) is 1. The van der Waals surface area contributed by atoms with Crippen molar-refractivity contribution >= 4 is 33.8 Å². The largest absolute Gasteiger partial charge is 0.378 e. The normalized spacial score (nSPS) is 13.9. The monoisotopic (exact) mass is 290 g/mol. The van der Waals surface area contributed by atoms with Gasteiger partial charge in [-0.25, -0.2) is 0 Å². The van der Waals surface area contributed by atoms with Crippen LogP contribution in [0.5, 0.6) is 0 Å². The van der Waals surface area contributed by atoms with Crippen LogP contribution < -0.4 is 5.32 Å². The number of nitro benzene ring substituents is 1. The highest BCUT2D eigenvalue weighted by molar-refractivity contribution is 7.84. The van der Waals surface area contributed by atoms with E-state index in [1.54, 1.807) is 12.3 Å². The topological polar surface area (TPSA) is 72.2 Å². The fraction of sp³-hybridized carbons (Fsp3) is 0.455. The fourth-order valence-electron chi connectivity index (χ4n) is 1.41. The van der Waals surface area contributed by atoms with Crippen LogP contribution in [-0.2, 0) is 10.8 Å². The summed E-state index contributed by atoms with van der Waals surface area (Å²) >= 11 is 5.92. The van der Waals surface area contributed by atoms with Crippen molar-refractivity contribution in [1.82, 2.24) is 0 Å². The summed E-state index contributed by atoms with van der Waals surface area (Å²) in [5, 5.41) is 14.1. The van der Waals surface area contributed by atoms with Gasteiger partial charge in [0.1, 0.15) is 5.69 Å². The van der Waals surface area contributed by atoms with E-state index in [1.165, 1.54) is 12.1 Å². The van der Waals surface area contributed by atoms with Crippen molar-refractivity contribution in [3.05, 3.63) is 33.3 Å². The summed E-state index contributed by atoms with van der Waals surface area (Å²) in [6.07, 6.45) is 2.30. The second kappa shape index (κ2) is 6.70. The summed E-state index contributed by atoms with van der Waals surface area (Å²) in [7, 11) is -0.895. The lowest BCUT2D eigenvalue weighted by molar-refractivity contribution is -0.383. The van der Waals surface area contributed by atoms with Crippen LogP contribution in [-0.4, -0.2) is 27.2 Å². The van der Waals surface area contributed by atoms with Crippen molar-refractivity contribution in [3.63, 3.8) is 0 Å². The van der Waals surface area contributed by atoms with E-state index in [1.807, 2.05) is 6.92 Å². The molecule has 0 spiro atoms. The minimum absolute atomic E-state index is 0.0408. The molecule has 0 aliphatic rings. The molecule has 0 radical (unpaired) electrons. The Kier molecular flexibility index (Phi) is 5.55. The van der Waals surface area contributed by atoms with Gasteiger partial charge in [0, 0.05) is 34.9 Å². The first kappa shape index (κ1) is 14.9. The van der Waals surface area contributed by atoms with E-state index in [0.717, 1.165) is 0 Å². The van der Waals surface area contributed by atoms with Gasteiger partial charge in [-0.05, 0) is 12.5 Å². The third kappa shape index (κ3) is 3.96. The van der Waals surface area contributed by atoms with E-state index in [4.69, 9.17) is 11.6 Å². The van der Waals surface area contributed by atoms with Crippen LogP contribution >= 0.6 is 11.6 Å². The maximum Gasteiger partial charge on any atom is 0.293 e. The first-order chi connectivity index (χ1) is 8.43. The maximum absolute atomic E-state index is 11.2. The molecule has 7 heteroatoms. The van der Waals surface area contributed by atoms with Crippen LogP contribution in [0.15, 0.2) is 18.2 Å². The van der Waals surface area contributed by atoms with Crippen molar-refractivity contribution in [2.24, 2.45) is 0 Å². The Morgan fingerprint density at radius 3 is 2.78 bits per heavy atom. The SMILES string of the molecule is CC(CCNc1c(Cl)cccc1[N+](=O)[O-])S(C)=O. The highest BCUT2D eigenvalue weighted by Gasteiger charge is 2.16. The van der Waals surface area contributed by atoms with Gasteiger partial charge in [0.05, 0.1) is 9.95 Å². The summed E-state index contributed by atoms with van der Waals surface area (Å²) in [5.41, 5.74) is 0.269. The number of benzene rings is 1. The molecule has 0 aromatic heterocycles. The van der Waals surface area contributed by atoms with Crippen LogP contribution in [0.4, 0.5) is 11.4 Å². The number of nitro groups is 1. The van der Waals surface area contributed by atoms with E-state index >= 15 is 0 Å². The van der Waals surface area contributed by atoms with Crippen molar-refractivity contribution in [1.29, 1.82) is 0 Å². The number of anilines is 1. The van der Waals surface area contributed by atoms with Crippen LogP contribution in [0.25, 0.3) is 0 Å². The minimum atomic E-state index is -0.895. The zero-order chi connectivity index (χ0) is 13.7. The zero-order valence-corrected chi connectivity index (χ0v) is 11.8. The molecule has 100 valence electrons. The lowest BCUT2D eigenvalue weighted by atomic mass is 10.2. The van der Waals surface area contributed by atoms with Crippen LogP contribution in [0.1, 0.15) is 13.3 Å². The molecule has 0 fully saturated rings. The molecule has 0 heterocycles. The molecule has 2 atom stereocenters. The molecule has 1 aromatic carbocycles. The Balaban J connectivity index is 2.72. The predicted molar refractivity (Wildman–Crippen MR) is 74.7 cm³/mol. The summed E-state index contributed by atoms with van der Waals surface area (Å²) in [5.74, 6) is 0. The number of nitrogens with one attached hydrogen (secondary N) is 1. The van der Waals surface area contributed by atoms with Crippen molar-refractivity contribution in [2.75, 3.05) is 18.1 Å². The lowest BCUT2D eigenvalue weighted by Crippen LogP contribution is -2.15. The second-order valence-electron chi connectivity index (χ2n) is 3.92. The third-order valence-corrected chi connectivity index (χ3v) is 4.29. The minimum Gasteiger partial charge on any atom is -0.378 e. The van der Waals surface area contributed by atoms with Crippen LogP contribution in [0.2, 0.25) is 5.02 Å². The van der Waals surface area contributed by atoms with Crippen molar-refractivity contribution in [2.45, 2.75) is 18.6 Å². The molecule has 1 aromatic rings. The Hall–Kier alpha value is -1.14. The molecule has 0 saturated heterocycles. The summed E-state index contributed by atoms with van der Waals surface area (Å²) < 4.78 is 11.2. The zero-order valence-electron chi connectivity index (χ0n) is 10.2. The number of rotatable bonds is 6. The molecular weight excluding hydrogens is 276 g/mol. The number of para-hydroxylation sites is 1.